The zero-order chi connectivity index (χ0) is 26.0. The molecule has 3 nitrogen and oxygen atoms in total. The number of alkyl halides is 2. The van der Waals surface area contributed by atoms with Gasteiger partial charge in [0.05, 0.1) is 5.92 Å². The van der Waals surface area contributed by atoms with Crippen LogP contribution in [0.15, 0.2) is 65.1 Å². The summed E-state index contributed by atoms with van der Waals surface area (Å²) < 4.78 is 39.5. The second kappa shape index (κ2) is 8.31. The van der Waals surface area contributed by atoms with Gasteiger partial charge in [-0.15, -0.1) is 0 Å². The Morgan fingerprint density at radius 2 is 1.40 bits per heavy atom. The van der Waals surface area contributed by atoms with Gasteiger partial charge in [-0.1, -0.05) is 106 Å². The molecule has 0 fully saturated rings. The molecule has 0 radical (unpaired) electrons. The molecule has 0 amide bonds. The average Bonchev–Trinajstić information content (AvgIpc) is 2.74. The molecule has 2 unspecified atom stereocenters. The summed E-state index contributed by atoms with van der Waals surface area (Å²) in [4.78, 5) is 0. The van der Waals surface area contributed by atoms with Crippen molar-refractivity contribution >= 4 is 15.9 Å². The van der Waals surface area contributed by atoms with Crippen molar-refractivity contribution in [2.75, 3.05) is 0 Å². The molecule has 6 heteroatoms. The number of hydrogen-bond acceptors (Lipinski definition) is 3. The average molecular weight is 545 g/mol. The first-order valence-corrected chi connectivity index (χ1v) is 12.4. The van der Waals surface area contributed by atoms with E-state index in [9.17, 15) is 10.2 Å². The number of phenolic OH excluding ortho intramolecular Hbond substituents is 1. The highest BCUT2D eigenvalue weighted by atomic mass is 79.9. The van der Waals surface area contributed by atoms with Crippen LogP contribution in [0.4, 0.5) is 8.78 Å². The summed E-state index contributed by atoms with van der Waals surface area (Å²) in [5.41, 5.74) is 0.685. The highest BCUT2D eigenvalue weighted by Gasteiger charge is 2.65. The number of rotatable bonds is 2. The van der Waals surface area contributed by atoms with Crippen molar-refractivity contribution in [3.8, 4) is 11.5 Å². The summed E-state index contributed by atoms with van der Waals surface area (Å²) in [5, 5.41) is 22.7. The van der Waals surface area contributed by atoms with Gasteiger partial charge in [0, 0.05) is 15.6 Å². The van der Waals surface area contributed by atoms with E-state index >= 15 is 8.78 Å². The van der Waals surface area contributed by atoms with Crippen molar-refractivity contribution in [2.45, 2.75) is 70.0 Å². The largest absolute Gasteiger partial charge is 0.507 e. The third-order valence-electron chi connectivity index (χ3n) is 6.61. The van der Waals surface area contributed by atoms with Crippen molar-refractivity contribution in [2.24, 2.45) is 0 Å². The number of ether oxygens (including phenoxy) is 1. The monoisotopic (exact) mass is 544 g/mol. The van der Waals surface area contributed by atoms with Gasteiger partial charge >= 0.3 is 11.7 Å². The molecule has 0 spiro atoms. The lowest BCUT2D eigenvalue weighted by Gasteiger charge is -2.45. The lowest BCUT2D eigenvalue weighted by atomic mass is 9.72. The molecule has 1 aliphatic rings. The Kier molecular flexibility index (Phi) is 6.09. The van der Waals surface area contributed by atoms with Crippen LogP contribution in [-0.4, -0.2) is 16.1 Å². The predicted molar refractivity (Wildman–Crippen MR) is 137 cm³/mol. The first-order chi connectivity index (χ1) is 16.1. The molecular weight excluding hydrogens is 514 g/mol. The van der Waals surface area contributed by atoms with Crippen molar-refractivity contribution in [3.05, 3.63) is 93.0 Å². The Balaban J connectivity index is 2.07. The van der Waals surface area contributed by atoms with E-state index in [0.717, 1.165) is 0 Å². The molecule has 4 rings (SSSR count). The Labute approximate surface area is 213 Å². The summed E-state index contributed by atoms with van der Waals surface area (Å²) in [5.74, 6) is -7.87. The van der Waals surface area contributed by atoms with Crippen LogP contribution in [0.2, 0.25) is 0 Å². The fraction of sp³-hybridized carbons (Fsp3) is 0.379. The van der Waals surface area contributed by atoms with Gasteiger partial charge in [0.2, 0.25) is 0 Å². The molecule has 186 valence electrons. The van der Waals surface area contributed by atoms with E-state index in [1.807, 2.05) is 41.5 Å². The van der Waals surface area contributed by atoms with Crippen molar-refractivity contribution in [1.82, 2.24) is 0 Å². The lowest BCUT2D eigenvalue weighted by molar-refractivity contribution is -0.303. The minimum absolute atomic E-state index is 0.0357. The van der Waals surface area contributed by atoms with E-state index in [1.54, 1.807) is 48.5 Å². The normalized spacial score (nSPS) is 21.8. The molecule has 0 aromatic heterocycles. The topological polar surface area (TPSA) is 49.7 Å². The van der Waals surface area contributed by atoms with E-state index < -0.39 is 28.5 Å². The second-order valence-corrected chi connectivity index (χ2v) is 12.2. The number of hydrogen-bond donors (Lipinski definition) is 2. The molecule has 0 aliphatic carbocycles. The third-order valence-corrected chi connectivity index (χ3v) is 7.10. The van der Waals surface area contributed by atoms with Crippen LogP contribution in [0.5, 0.6) is 11.5 Å². The summed E-state index contributed by atoms with van der Waals surface area (Å²) in [6.07, 6.45) is 0. The van der Waals surface area contributed by atoms with E-state index in [4.69, 9.17) is 4.74 Å². The van der Waals surface area contributed by atoms with Crippen molar-refractivity contribution < 1.29 is 23.7 Å². The smallest absolute Gasteiger partial charge is 0.327 e. The van der Waals surface area contributed by atoms with Gasteiger partial charge in [-0.2, -0.15) is 8.78 Å². The first kappa shape index (κ1) is 25.6. The van der Waals surface area contributed by atoms with Gasteiger partial charge in [-0.05, 0) is 39.7 Å². The van der Waals surface area contributed by atoms with E-state index in [0.29, 0.717) is 21.2 Å². The van der Waals surface area contributed by atoms with Crippen LogP contribution < -0.4 is 4.74 Å². The highest BCUT2D eigenvalue weighted by Crippen LogP contribution is 2.57. The minimum atomic E-state index is -3.74. The molecule has 3 aromatic rings. The maximum Gasteiger partial charge on any atom is 0.327 e. The minimum Gasteiger partial charge on any atom is -0.507 e. The second-order valence-electron chi connectivity index (χ2n) is 11.3. The highest BCUT2D eigenvalue weighted by molar-refractivity contribution is 9.10. The maximum absolute atomic E-state index is 16.6. The van der Waals surface area contributed by atoms with Crippen LogP contribution in [0.25, 0.3) is 0 Å². The predicted octanol–water partition coefficient (Wildman–Crippen LogP) is 7.75. The van der Waals surface area contributed by atoms with Gasteiger partial charge in [-0.3, -0.25) is 0 Å². The van der Waals surface area contributed by atoms with Crippen LogP contribution in [0.3, 0.4) is 0 Å². The molecule has 1 aliphatic heterocycles. The SMILES string of the molecule is CC(C)(C)c1cc(C2c3ccc(Br)cc3OC(O)(c3ccccc3)C2(F)F)cc(C(C)(C)C)c1O. The molecule has 0 saturated heterocycles. The fourth-order valence-electron chi connectivity index (χ4n) is 4.72. The molecule has 35 heavy (non-hydrogen) atoms. The molecule has 3 aromatic carbocycles. The van der Waals surface area contributed by atoms with Crippen molar-refractivity contribution in [3.63, 3.8) is 0 Å². The van der Waals surface area contributed by atoms with Crippen LogP contribution in [-0.2, 0) is 16.6 Å². The number of fused-ring (bicyclic) bond motifs is 1. The van der Waals surface area contributed by atoms with Gasteiger partial charge in [-0.25, -0.2) is 0 Å². The van der Waals surface area contributed by atoms with Crippen LogP contribution in [0, 0.1) is 0 Å². The number of benzene rings is 3. The summed E-state index contributed by atoms with van der Waals surface area (Å²) in [6.45, 7) is 11.6. The third kappa shape index (κ3) is 4.25. The lowest BCUT2D eigenvalue weighted by Crippen LogP contribution is -2.56. The zero-order valence-electron chi connectivity index (χ0n) is 20.8. The van der Waals surface area contributed by atoms with E-state index in [1.165, 1.54) is 12.1 Å². The molecule has 2 N–H and O–H groups in total. The Morgan fingerprint density at radius 1 is 0.857 bits per heavy atom. The fourth-order valence-corrected chi connectivity index (χ4v) is 5.06. The van der Waals surface area contributed by atoms with E-state index in [-0.39, 0.29) is 22.6 Å². The molecular formula is C29H31BrF2O3. The van der Waals surface area contributed by atoms with Gasteiger partial charge < -0.3 is 14.9 Å². The first-order valence-electron chi connectivity index (χ1n) is 11.6. The number of halogens is 3. The van der Waals surface area contributed by atoms with Crippen LogP contribution in [0.1, 0.15) is 75.3 Å². The standard InChI is InChI=1S/C29H31BrF2O3/c1-26(2,3)21-14-17(15-22(25(21)33)27(4,5)6)24-20-13-12-19(30)16-23(20)35-29(34,28(24,31)32)18-10-8-7-9-11-18/h7-16,24,33-34H,1-6H3. The number of phenols is 1. The summed E-state index contributed by atoms with van der Waals surface area (Å²) in [6, 6.07) is 15.9. The Hall–Kier alpha value is -2.44. The van der Waals surface area contributed by atoms with Gasteiger partial charge in [0.1, 0.15) is 11.5 Å². The number of aliphatic hydroxyl groups is 1. The maximum atomic E-state index is 16.6. The molecule has 0 saturated carbocycles. The Morgan fingerprint density at radius 3 is 1.91 bits per heavy atom. The molecule has 0 bridgehead atoms. The van der Waals surface area contributed by atoms with Crippen molar-refractivity contribution in [1.29, 1.82) is 0 Å². The summed E-state index contributed by atoms with van der Waals surface area (Å²) in [7, 11) is 0. The summed E-state index contributed by atoms with van der Waals surface area (Å²) >= 11 is 3.39. The Bertz CT molecular complexity index is 1220. The molecule has 1 heterocycles. The zero-order valence-corrected chi connectivity index (χ0v) is 22.4. The molecule has 2 atom stereocenters. The quantitative estimate of drug-likeness (QED) is 0.346. The van der Waals surface area contributed by atoms with Gasteiger partial charge in [0.15, 0.2) is 0 Å². The van der Waals surface area contributed by atoms with E-state index in [2.05, 4.69) is 15.9 Å². The van der Waals surface area contributed by atoms with Gasteiger partial charge in [0.25, 0.3) is 0 Å². The van der Waals surface area contributed by atoms with Crippen LogP contribution >= 0.6 is 15.9 Å². The number of aromatic hydroxyl groups is 1.